The van der Waals surface area contributed by atoms with E-state index in [-0.39, 0.29) is 12.5 Å². The van der Waals surface area contributed by atoms with Crippen LogP contribution < -0.4 is 9.62 Å². The Morgan fingerprint density at radius 3 is 2.12 bits per heavy atom. The highest BCUT2D eigenvalue weighted by molar-refractivity contribution is 7.92. The van der Waals surface area contributed by atoms with Gasteiger partial charge in [-0.1, -0.05) is 63.2 Å². The summed E-state index contributed by atoms with van der Waals surface area (Å²) in [6.07, 6.45) is 3.70. The Kier molecular flexibility index (Phi) is 10.6. The van der Waals surface area contributed by atoms with Crippen LogP contribution in [0.4, 0.5) is 5.69 Å². The van der Waals surface area contributed by atoms with E-state index in [0.29, 0.717) is 31.6 Å². The normalized spacial score (nSPS) is 12.1. The van der Waals surface area contributed by atoms with Gasteiger partial charge >= 0.3 is 0 Å². The quantitative estimate of drug-likeness (QED) is 0.469. The van der Waals surface area contributed by atoms with E-state index in [1.807, 2.05) is 63.2 Å². The average molecular weight is 488 g/mol. The molecule has 0 saturated heterocycles. The van der Waals surface area contributed by atoms with Crippen molar-refractivity contribution in [2.45, 2.75) is 52.5 Å². The lowest BCUT2D eigenvalue weighted by Gasteiger charge is -2.33. The number of amides is 2. The Bertz CT molecular complexity index is 1020. The van der Waals surface area contributed by atoms with Crippen LogP contribution in [-0.2, 0) is 32.5 Å². The molecule has 8 heteroatoms. The molecule has 0 radical (unpaired) electrons. The number of nitrogens with one attached hydrogen (secondary N) is 1. The van der Waals surface area contributed by atoms with Crippen molar-refractivity contribution in [3.63, 3.8) is 0 Å². The highest BCUT2D eigenvalue weighted by Crippen LogP contribution is 2.20. The summed E-state index contributed by atoms with van der Waals surface area (Å²) in [6.45, 7) is 6.31. The van der Waals surface area contributed by atoms with Gasteiger partial charge in [0.05, 0.1) is 11.9 Å². The summed E-state index contributed by atoms with van der Waals surface area (Å²) in [6, 6.07) is 16.2. The van der Waals surface area contributed by atoms with Gasteiger partial charge in [-0.15, -0.1) is 0 Å². The van der Waals surface area contributed by atoms with E-state index in [9.17, 15) is 18.0 Å². The molecule has 0 bridgehead atoms. The first-order valence-electron chi connectivity index (χ1n) is 11.9. The van der Waals surface area contributed by atoms with Gasteiger partial charge < -0.3 is 10.2 Å². The number of sulfonamides is 1. The molecule has 2 rings (SSSR count). The molecule has 1 unspecified atom stereocenters. The molecule has 2 aromatic rings. The molecule has 0 aliphatic heterocycles. The highest BCUT2D eigenvalue weighted by atomic mass is 32.2. The summed E-state index contributed by atoms with van der Waals surface area (Å²) in [5, 5.41) is 2.88. The second kappa shape index (κ2) is 13.1. The van der Waals surface area contributed by atoms with Gasteiger partial charge in [-0.3, -0.25) is 13.9 Å². The molecule has 0 aliphatic carbocycles. The fourth-order valence-electron chi connectivity index (χ4n) is 3.77. The number of benzene rings is 2. The fourth-order valence-corrected chi connectivity index (χ4v) is 4.62. The molecule has 0 aliphatic rings. The van der Waals surface area contributed by atoms with Crippen molar-refractivity contribution < 1.29 is 18.0 Å². The molecule has 0 heterocycles. The molecule has 7 nitrogen and oxygen atoms in total. The van der Waals surface area contributed by atoms with Crippen molar-refractivity contribution in [1.29, 1.82) is 0 Å². The van der Waals surface area contributed by atoms with Crippen molar-refractivity contribution in [2.75, 3.05) is 30.2 Å². The molecule has 0 fully saturated rings. The number of hydrogen-bond donors (Lipinski definition) is 1. The molecule has 2 amide bonds. The molecule has 1 atom stereocenters. The van der Waals surface area contributed by atoms with Crippen LogP contribution in [-0.4, -0.2) is 57.1 Å². The first-order chi connectivity index (χ1) is 16.2. The molecular formula is C26H37N3O4S. The standard InChI is InChI=1S/C26H37N3O4S/c1-5-18-27-26(31)24(7-3)28(19-17-22-11-9-8-10-12-22)25(30)20-29(34(4,32)33)23-15-13-21(6-2)14-16-23/h8-16,24H,5-7,17-20H2,1-4H3,(H,27,31). The molecule has 34 heavy (non-hydrogen) atoms. The molecule has 0 aromatic heterocycles. The summed E-state index contributed by atoms with van der Waals surface area (Å²) in [4.78, 5) is 27.9. The lowest BCUT2D eigenvalue weighted by atomic mass is 10.1. The maximum absolute atomic E-state index is 13.5. The van der Waals surface area contributed by atoms with E-state index < -0.39 is 22.0 Å². The van der Waals surface area contributed by atoms with E-state index in [1.165, 1.54) is 4.90 Å². The predicted octanol–water partition coefficient (Wildman–Crippen LogP) is 3.39. The van der Waals surface area contributed by atoms with Crippen LogP contribution in [0.25, 0.3) is 0 Å². The Balaban J connectivity index is 2.33. The Hall–Kier alpha value is -2.87. The van der Waals surface area contributed by atoms with E-state index in [2.05, 4.69) is 5.32 Å². The lowest BCUT2D eigenvalue weighted by Crippen LogP contribution is -2.53. The maximum Gasteiger partial charge on any atom is 0.244 e. The van der Waals surface area contributed by atoms with Gasteiger partial charge in [0.25, 0.3) is 0 Å². The smallest absolute Gasteiger partial charge is 0.244 e. The minimum Gasteiger partial charge on any atom is -0.354 e. The maximum atomic E-state index is 13.5. The van der Waals surface area contributed by atoms with Crippen molar-refractivity contribution in [1.82, 2.24) is 10.2 Å². The monoisotopic (exact) mass is 487 g/mol. The number of carbonyl (C=O) groups excluding carboxylic acids is 2. The van der Waals surface area contributed by atoms with E-state index in [4.69, 9.17) is 0 Å². The Labute approximate surface area is 204 Å². The zero-order valence-electron chi connectivity index (χ0n) is 20.7. The number of carbonyl (C=O) groups is 2. The van der Waals surface area contributed by atoms with Crippen LogP contribution in [0.3, 0.4) is 0 Å². The number of rotatable bonds is 13. The highest BCUT2D eigenvalue weighted by Gasteiger charge is 2.31. The summed E-state index contributed by atoms with van der Waals surface area (Å²) in [7, 11) is -3.71. The summed E-state index contributed by atoms with van der Waals surface area (Å²) < 4.78 is 26.3. The molecule has 0 spiro atoms. The third-order valence-electron chi connectivity index (χ3n) is 5.73. The third kappa shape index (κ3) is 7.87. The van der Waals surface area contributed by atoms with Gasteiger partial charge in [0, 0.05) is 13.1 Å². The van der Waals surface area contributed by atoms with Crippen molar-refractivity contribution >= 4 is 27.5 Å². The number of hydrogen-bond acceptors (Lipinski definition) is 4. The van der Waals surface area contributed by atoms with Gasteiger partial charge in [-0.2, -0.15) is 0 Å². The number of anilines is 1. The first-order valence-corrected chi connectivity index (χ1v) is 13.7. The average Bonchev–Trinajstić information content (AvgIpc) is 2.83. The van der Waals surface area contributed by atoms with Gasteiger partial charge in [-0.25, -0.2) is 8.42 Å². The third-order valence-corrected chi connectivity index (χ3v) is 6.87. The van der Waals surface area contributed by atoms with Crippen LogP contribution in [0.5, 0.6) is 0 Å². The molecule has 1 N–H and O–H groups in total. The topological polar surface area (TPSA) is 86.8 Å². The number of aryl methyl sites for hydroxylation is 1. The summed E-state index contributed by atoms with van der Waals surface area (Å²) >= 11 is 0. The second-order valence-corrected chi connectivity index (χ2v) is 10.2. The predicted molar refractivity (Wildman–Crippen MR) is 137 cm³/mol. The SMILES string of the molecule is CCCNC(=O)C(CC)N(CCc1ccccc1)C(=O)CN(c1ccc(CC)cc1)S(C)(=O)=O. The van der Waals surface area contributed by atoms with E-state index in [1.54, 1.807) is 12.1 Å². The van der Waals surface area contributed by atoms with Crippen LogP contribution in [0.2, 0.25) is 0 Å². The molecule has 2 aromatic carbocycles. The van der Waals surface area contributed by atoms with Crippen LogP contribution in [0.1, 0.15) is 44.7 Å². The molecule has 186 valence electrons. The van der Waals surface area contributed by atoms with Crippen LogP contribution in [0.15, 0.2) is 54.6 Å². The van der Waals surface area contributed by atoms with Crippen molar-refractivity contribution in [3.05, 3.63) is 65.7 Å². The minimum absolute atomic E-state index is 0.219. The van der Waals surface area contributed by atoms with Gasteiger partial charge in [0.2, 0.25) is 21.8 Å². The van der Waals surface area contributed by atoms with Crippen LogP contribution in [0, 0.1) is 0 Å². The van der Waals surface area contributed by atoms with E-state index >= 15 is 0 Å². The Morgan fingerprint density at radius 2 is 1.59 bits per heavy atom. The largest absolute Gasteiger partial charge is 0.354 e. The molecular weight excluding hydrogens is 450 g/mol. The summed E-state index contributed by atoms with van der Waals surface area (Å²) in [5.41, 5.74) is 2.55. The van der Waals surface area contributed by atoms with Crippen molar-refractivity contribution in [3.8, 4) is 0 Å². The fraction of sp³-hybridized carbons (Fsp3) is 0.462. The Morgan fingerprint density at radius 1 is 0.941 bits per heavy atom. The van der Waals surface area contributed by atoms with Gasteiger partial charge in [0.15, 0.2) is 0 Å². The van der Waals surface area contributed by atoms with Crippen LogP contribution >= 0.6 is 0 Å². The number of nitrogens with zero attached hydrogens (tertiary/aromatic N) is 2. The zero-order valence-corrected chi connectivity index (χ0v) is 21.5. The van der Waals surface area contributed by atoms with Crippen molar-refractivity contribution in [2.24, 2.45) is 0 Å². The van der Waals surface area contributed by atoms with Gasteiger partial charge in [-0.05, 0) is 48.9 Å². The van der Waals surface area contributed by atoms with Gasteiger partial charge in [0.1, 0.15) is 12.6 Å². The first kappa shape index (κ1) is 27.4. The van der Waals surface area contributed by atoms with E-state index in [0.717, 1.165) is 34.5 Å². The minimum atomic E-state index is -3.71. The zero-order chi connectivity index (χ0) is 25.1. The lowest BCUT2D eigenvalue weighted by molar-refractivity contribution is -0.139. The second-order valence-electron chi connectivity index (χ2n) is 8.33. The molecule has 0 saturated carbocycles. The summed E-state index contributed by atoms with van der Waals surface area (Å²) in [5.74, 6) is -0.622.